The Morgan fingerprint density at radius 2 is 1.95 bits per heavy atom. The summed E-state index contributed by atoms with van der Waals surface area (Å²) in [7, 11) is 0. The lowest BCUT2D eigenvalue weighted by atomic mass is 10.1. The molecule has 2 rings (SSSR count). The average molecular weight is 258 g/mol. The van der Waals surface area contributed by atoms with Crippen LogP contribution < -0.4 is 4.74 Å². The van der Waals surface area contributed by atoms with Gasteiger partial charge < -0.3 is 9.84 Å². The van der Waals surface area contributed by atoms with Crippen LogP contribution in [0.25, 0.3) is 11.3 Å². The van der Waals surface area contributed by atoms with Gasteiger partial charge in [-0.05, 0) is 49.7 Å². The van der Waals surface area contributed by atoms with Gasteiger partial charge in [-0.3, -0.25) is 0 Å². The van der Waals surface area contributed by atoms with Crippen LogP contribution in [0.3, 0.4) is 0 Å². The second-order valence-electron chi connectivity index (χ2n) is 4.02. The highest BCUT2D eigenvalue weighted by Gasteiger charge is 2.11. The number of aromatic carboxylic acids is 1. The van der Waals surface area contributed by atoms with E-state index in [0.717, 1.165) is 11.3 Å². The van der Waals surface area contributed by atoms with Crippen molar-refractivity contribution in [3.63, 3.8) is 0 Å². The van der Waals surface area contributed by atoms with Gasteiger partial charge in [-0.1, -0.05) is 0 Å². The molecule has 0 fully saturated rings. The smallest absolute Gasteiger partial charge is 0.356 e. The van der Waals surface area contributed by atoms with E-state index in [-0.39, 0.29) is 5.69 Å². The van der Waals surface area contributed by atoms with Gasteiger partial charge in [0.25, 0.3) is 0 Å². The Kier molecular flexibility index (Phi) is 3.75. The van der Waals surface area contributed by atoms with Gasteiger partial charge in [0.1, 0.15) is 5.75 Å². The summed E-state index contributed by atoms with van der Waals surface area (Å²) in [5.41, 5.74) is 2.09. The van der Waals surface area contributed by atoms with Gasteiger partial charge in [-0.2, -0.15) is 0 Å². The zero-order chi connectivity index (χ0) is 13.8. The summed E-state index contributed by atoms with van der Waals surface area (Å²) in [6.45, 7) is 4.25. The van der Waals surface area contributed by atoms with Crippen LogP contribution in [0, 0.1) is 6.92 Å². The van der Waals surface area contributed by atoms with Crippen LogP contribution in [0.5, 0.6) is 5.75 Å². The van der Waals surface area contributed by atoms with Crippen molar-refractivity contribution in [2.45, 2.75) is 13.8 Å². The second-order valence-corrected chi connectivity index (χ2v) is 4.02. The second kappa shape index (κ2) is 5.48. The summed E-state index contributed by atoms with van der Waals surface area (Å²) in [5.74, 6) is -0.277. The fourth-order valence-corrected chi connectivity index (χ4v) is 1.73. The van der Waals surface area contributed by atoms with Crippen LogP contribution in [0.1, 0.15) is 23.0 Å². The summed E-state index contributed by atoms with van der Waals surface area (Å²) in [6, 6.07) is 9.15. The lowest BCUT2D eigenvalue weighted by Gasteiger charge is -2.05. The van der Waals surface area contributed by atoms with E-state index in [9.17, 15) is 4.79 Å². The molecule has 2 aromatic rings. The van der Waals surface area contributed by atoms with E-state index in [0.29, 0.717) is 17.9 Å². The summed E-state index contributed by atoms with van der Waals surface area (Å²) in [4.78, 5) is 10.9. The van der Waals surface area contributed by atoms with E-state index >= 15 is 0 Å². The monoisotopic (exact) mass is 258 g/mol. The van der Waals surface area contributed by atoms with Crippen LogP contribution in [0.2, 0.25) is 0 Å². The standard InChI is InChI=1S/C14H14N2O3/c1-3-19-11-6-4-10(5-7-11)12-8-9(2)13(14(17)18)16-15-12/h4-8H,3H2,1-2H3,(H,17,18). The molecular weight excluding hydrogens is 244 g/mol. The molecule has 1 N–H and O–H groups in total. The zero-order valence-electron chi connectivity index (χ0n) is 10.8. The Balaban J connectivity index is 2.31. The zero-order valence-corrected chi connectivity index (χ0v) is 10.8. The number of aryl methyl sites for hydroxylation is 1. The molecule has 1 aromatic heterocycles. The van der Waals surface area contributed by atoms with Crippen molar-refractivity contribution < 1.29 is 14.6 Å². The van der Waals surface area contributed by atoms with Crippen LogP contribution in [-0.4, -0.2) is 27.9 Å². The molecule has 0 radical (unpaired) electrons. The number of hydrogen-bond donors (Lipinski definition) is 1. The van der Waals surface area contributed by atoms with Crippen molar-refractivity contribution in [1.29, 1.82) is 0 Å². The van der Waals surface area contributed by atoms with Gasteiger partial charge in [0.2, 0.25) is 0 Å². The van der Waals surface area contributed by atoms with Gasteiger partial charge >= 0.3 is 5.97 Å². The number of benzene rings is 1. The minimum absolute atomic E-state index is 0.0188. The van der Waals surface area contributed by atoms with E-state index in [2.05, 4.69) is 10.2 Å². The maximum absolute atomic E-state index is 10.9. The third-order valence-corrected chi connectivity index (χ3v) is 2.65. The van der Waals surface area contributed by atoms with Gasteiger partial charge in [-0.25, -0.2) is 4.79 Å². The van der Waals surface area contributed by atoms with Gasteiger partial charge in [0, 0.05) is 5.56 Å². The van der Waals surface area contributed by atoms with Crippen molar-refractivity contribution in [3.8, 4) is 17.0 Å². The topological polar surface area (TPSA) is 72.3 Å². The number of nitrogens with zero attached hydrogens (tertiary/aromatic N) is 2. The predicted octanol–water partition coefficient (Wildman–Crippen LogP) is 2.55. The average Bonchev–Trinajstić information content (AvgIpc) is 2.39. The molecule has 5 heteroatoms. The van der Waals surface area contributed by atoms with Crippen LogP contribution in [0.4, 0.5) is 0 Å². The Morgan fingerprint density at radius 1 is 1.26 bits per heavy atom. The SMILES string of the molecule is CCOc1ccc(-c2cc(C)c(C(=O)O)nn2)cc1. The number of carbonyl (C=O) groups is 1. The minimum atomic E-state index is -1.07. The Bertz CT molecular complexity index is 594. The fraction of sp³-hybridized carbons (Fsp3) is 0.214. The van der Waals surface area contributed by atoms with Crippen molar-refractivity contribution >= 4 is 5.97 Å². The van der Waals surface area contributed by atoms with Crippen molar-refractivity contribution in [2.75, 3.05) is 6.61 Å². The third-order valence-electron chi connectivity index (χ3n) is 2.65. The first-order valence-corrected chi connectivity index (χ1v) is 5.92. The van der Waals surface area contributed by atoms with E-state index in [1.54, 1.807) is 13.0 Å². The van der Waals surface area contributed by atoms with Crippen LogP contribution in [-0.2, 0) is 0 Å². The summed E-state index contributed by atoms with van der Waals surface area (Å²) < 4.78 is 5.36. The number of hydrogen-bond acceptors (Lipinski definition) is 4. The fourth-order valence-electron chi connectivity index (χ4n) is 1.73. The molecule has 0 aliphatic carbocycles. The van der Waals surface area contributed by atoms with Gasteiger partial charge in [0.15, 0.2) is 5.69 Å². The number of aromatic nitrogens is 2. The number of carboxylic acids is 1. The quantitative estimate of drug-likeness (QED) is 0.912. The Morgan fingerprint density at radius 3 is 2.47 bits per heavy atom. The Labute approximate surface area is 110 Å². The summed E-state index contributed by atoms with van der Waals surface area (Å²) >= 11 is 0. The minimum Gasteiger partial charge on any atom is -0.494 e. The maximum atomic E-state index is 10.9. The normalized spacial score (nSPS) is 10.2. The first kappa shape index (κ1) is 13.0. The molecule has 0 spiro atoms. The first-order valence-electron chi connectivity index (χ1n) is 5.92. The van der Waals surface area contributed by atoms with E-state index < -0.39 is 5.97 Å². The van der Waals surface area contributed by atoms with Gasteiger partial charge in [0.05, 0.1) is 12.3 Å². The molecule has 5 nitrogen and oxygen atoms in total. The van der Waals surface area contributed by atoms with Crippen LogP contribution in [0.15, 0.2) is 30.3 Å². The number of ether oxygens (including phenoxy) is 1. The highest BCUT2D eigenvalue weighted by molar-refractivity contribution is 5.87. The summed E-state index contributed by atoms with van der Waals surface area (Å²) in [6.07, 6.45) is 0. The molecule has 1 heterocycles. The lowest BCUT2D eigenvalue weighted by molar-refractivity contribution is 0.0688. The maximum Gasteiger partial charge on any atom is 0.356 e. The molecule has 1 aromatic carbocycles. The first-order chi connectivity index (χ1) is 9.11. The molecule has 19 heavy (non-hydrogen) atoms. The molecule has 0 unspecified atom stereocenters. The molecule has 98 valence electrons. The van der Waals surface area contributed by atoms with Crippen molar-refractivity contribution in [3.05, 3.63) is 41.6 Å². The van der Waals surface area contributed by atoms with Gasteiger partial charge in [-0.15, -0.1) is 10.2 Å². The highest BCUT2D eigenvalue weighted by Crippen LogP contribution is 2.21. The van der Waals surface area contributed by atoms with Crippen molar-refractivity contribution in [2.24, 2.45) is 0 Å². The van der Waals surface area contributed by atoms with E-state index in [4.69, 9.17) is 9.84 Å². The van der Waals surface area contributed by atoms with Crippen molar-refractivity contribution in [1.82, 2.24) is 10.2 Å². The lowest BCUT2D eigenvalue weighted by Crippen LogP contribution is -2.05. The molecule has 0 amide bonds. The molecule has 0 aliphatic rings. The number of rotatable bonds is 4. The molecule has 0 aliphatic heterocycles. The summed E-state index contributed by atoms with van der Waals surface area (Å²) in [5, 5.41) is 16.6. The molecule has 0 saturated carbocycles. The molecular formula is C14H14N2O3. The largest absolute Gasteiger partial charge is 0.494 e. The molecule has 0 atom stereocenters. The third kappa shape index (κ3) is 2.88. The van der Waals surface area contributed by atoms with E-state index in [1.807, 2.05) is 31.2 Å². The predicted molar refractivity (Wildman–Crippen MR) is 70.3 cm³/mol. The Hall–Kier alpha value is -2.43. The molecule has 0 bridgehead atoms. The van der Waals surface area contributed by atoms with E-state index in [1.165, 1.54) is 0 Å². The molecule has 0 saturated heterocycles. The number of carboxylic acid groups (broad SMARTS) is 1. The highest BCUT2D eigenvalue weighted by atomic mass is 16.5. The van der Waals surface area contributed by atoms with Crippen LogP contribution >= 0.6 is 0 Å².